The van der Waals surface area contributed by atoms with Gasteiger partial charge in [-0.1, -0.05) is 30.8 Å². The van der Waals surface area contributed by atoms with Gasteiger partial charge in [-0.2, -0.15) is 4.98 Å². The molecule has 0 aromatic carbocycles. The number of nitrogens with two attached hydrogens (primary N) is 1. The Kier molecular flexibility index (Phi) is 4.26. The summed E-state index contributed by atoms with van der Waals surface area (Å²) in [6.45, 7) is 3.91. The van der Waals surface area contributed by atoms with Gasteiger partial charge in [0, 0.05) is 19.1 Å². The van der Waals surface area contributed by atoms with Crippen molar-refractivity contribution >= 4 is 0 Å². The lowest BCUT2D eigenvalue weighted by Crippen LogP contribution is -2.34. The van der Waals surface area contributed by atoms with Crippen molar-refractivity contribution in [2.75, 3.05) is 7.11 Å². The molecule has 0 unspecified atom stereocenters. The fourth-order valence-electron chi connectivity index (χ4n) is 2.72. The lowest BCUT2D eigenvalue weighted by Gasteiger charge is -2.27. The van der Waals surface area contributed by atoms with Crippen molar-refractivity contribution in [2.45, 2.75) is 69.9 Å². The zero-order chi connectivity index (χ0) is 13.9. The van der Waals surface area contributed by atoms with Gasteiger partial charge in [-0.3, -0.25) is 0 Å². The van der Waals surface area contributed by atoms with E-state index in [2.05, 4.69) is 10.1 Å². The SMILES string of the molecule is COC1(c2noc(CC(C)(C)N)n2)CCCCCC1. The van der Waals surface area contributed by atoms with Gasteiger partial charge >= 0.3 is 0 Å². The lowest BCUT2D eigenvalue weighted by atomic mass is 9.93. The van der Waals surface area contributed by atoms with Gasteiger partial charge in [0.1, 0.15) is 5.60 Å². The van der Waals surface area contributed by atoms with E-state index in [-0.39, 0.29) is 11.1 Å². The molecule has 0 amide bonds. The number of hydrogen-bond acceptors (Lipinski definition) is 5. The quantitative estimate of drug-likeness (QED) is 0.849. The highest BCUT2D eigenvalue weighted by molar-refractivity contribution is 5.04. The van der Waals surface area contributed by atoms with E-state index in [1.54, 1.807) is 7.11 Å². The molecule has 1 aromatic rings. The largest absolute Gasteiger partial charge is 0.370 e. The van der Waals surface area contributed by atoms with E-state index in [9.17, 15) is 0 Å². The summed E-state index contributed by atoms with van der Waals surface area (Å²) in [7, 11) is 1.74. The molecule has 108 valence electrons. The van der Waals surface area contributed by atoms with Crippen LogP contribution in [0.2, 0.25) is 0 Å². The average molecular weight is 267 g/mol. The van der Waals surface area contributed by atoms with Crippen LogP contribution < -0.4 is 5.73 Å². The van der Waals surface area contributed by atoms with Crippen molar-refractivity contribution in [3.63, 3.8) is 0 Å². The maximum absolute atomic E-state index is 5.99. The molecule has 0 saturated heterocycles. The Morgan fingerprint density at radius 2 is 1.89 bits per heavy atom. The van der Waals surface area contributed by atoms with E-state index in [1.807, 2.05) is 13.8 Å². The first kappa shape index (κ1) is 14.5. The van der Waals surface area contributed by atoms with Gasteiger partial charge in [0.15, 0.2) is 0 Å². The summed E-state index contributed by atoms with van der Waals surface area (Å²) in [6.07, 6.45) is 7.33. The smallest absolute Gasteiger partial charge is 0.228 e. The zero-order valence-electron chi connectivity index (χ0n) is 12.2. The van der Waals surface area contributed by atoms with Crippen LogP contribution in [0, 0.1) is 0 Å². The fraction of sp³-hybridized carbons (Fsp3) is 0.857. The Labute approximate surface area is 114 Å². The van der Waals surface area contributed by atoms with E-state index in [0.717, 1.165) is 25.7 Å². The van der Waals surface area contributed by atoms with Crippen LogP contribution in [0.1, 0.15) is 64.1 Å². The molecule has 5 heteroatoms. The fourth-order valence-corrected chi connectivity index (χ4v) is 2.72. The standard InChI is InChI=1S/C14H25N3O2/c1-13(2,15)10-11-16-12(17-19-11)14(18-3)8-6-4-5-7-9-14/h4-10,15H2,1-3H3. The summed E-state index contributed by atoms with van der Waals surface area (Å²) in [6, 6.07) is 0. The van der Waals surface area contributed by atoms with Crippen LogP contribution in [0.4, 0.5) is 0 Å². The van der Waals surface area contributed by atoms with Crippen LogP contribution in [-0.4, -0.2) is 22.8 Å². The summed E-state index contributed by atoms with van der Waals surface area (Å²) in [5, 5.41) is 4.14. The van der Waals surface area contributed by atoms with Gasteiger partial charge in [-0.25, -0.2) is 0 Å². The van der Waals surface area contributed by atoms with Crippen molar-refractivity contribution in [1.82, 2.24) is 10.1 Å². The molecule has 1 aliphatic carbocycles. The van der Waals surface area contributed by atoms with E-state index in [4.69, 9.17) is 15.0 Å². The van der Waals surface area contributed by atoms with Gasteiger partial charge in [-0.15, -0.1) is 0 Å². The minimum Gasteiger partial charge on any atom is -0.370 e. The van der Waals surface area contributed by atoms with Gasteiger partial charge < -0.3 is 15.0 Å². The molecule has 2 N–H and O–H groups in total. The topological polar surface area (TPSA) is 74.2 Å². The van der Waals surface area contributed by atoms with Gasteiger partial charge in [0.05, 0.1) is 0 Å². The monoisotopic (exact) mass is 267 g/mol. The minimum absolute atomic E-state index is 0.340. The second-order valence-corrected chi connectivity index (χ2v) is 6.29. The van der Waals surface area contributed by atoms with Crippen molar-refractivity contribution in [3.8, 4) is 0 Å². The molecular formula is C14H25N3O2. The molecule has 0 spiro atoms. The Hall–Kier alpha value is -0.940. The summed E-state index contributed by atoms with van der Waals surface area (Å²) in [4.78, 5) is 4.52. The van der Waals surface area contributed by atoms with E-state index >= 15 is 0 Å². The summed E-state index contributed by atoms with van der Waals surface area (Å²) in [5.74, 6) is 1.29. The van der Waals surface area contributed by atoms with Crippen LogP contribution in [0.25, 0.3) is 0 Å². The van der Waals surface area contributed by atoms with Crippen molar-refractivity contribution in [2.24, 2.45) is 5.73 Å². The Bertz CT molecular complexity index is 401. The van der Waals surface area contributed by atoms with Crippen LogP contribution in [0.5, 0.6) is 0 Å². The number of methoxy groups -OCH3 is 1. The van der Waals surface area contributed by atoms with Crippen LogP contribution in [0.3, 0.4) is 0 Å². The van der Waals surface area contributed by atoms with E-state index in [1.165, 1.54) is 12.8 Å². The third-order valence-electron chi connectivity index (χ3n) is 3.78. The number of aromatic nitrogens is 2. The molecule has 0 aliphatic heterocycles. The van der Waals surface area contributed by atoms with Gasteiger partial charge in [0.2, 0.25) is 11.7 Å². The molecule has 2 rings (SSSR count). The normalized spacial score (nSPS) is 20.2. The first-order valence-electron chi connectivity index (χ1n) is 7.12. The Morgan fingerprint density at radius 1 is 1.26 bits per heavy atom. The molecule has 1 saturated carbocycles. The number of hydrogen-bond donors (Lipinski definition) is 1. The first-order valence-corrected chi connectivity index (χ1v) is 7.12. The molecule has 0 bridgehead atoms. The highest BCUT2D eigenvalue weighted by Gasteiger charge is 2.37. The second kappa shape index (κ2) is 5.59. The maximum Gasteiger partial charge on any atom is 0.228 e. The number of ether oxygens (including phenoxy) is 1. The molecule has 1 aliphatic rings. The molecule has 1 fully saturated rings. The first-order chi connectivity index (χ1) is 8.95. The molecule has 0 radical (unpaired) electrons. The molecule has 1 aromatic heterocycles. The summed E-state index contributed by atoms with van der Waals surface area (Å²) < 4.78 is 11.1. The van der Waals surface area contributed by atoms with Crippen molar-refractivity contribution < 1.29 is 9.26 Å². The highest BCUT2D eigenvalue weighted by atomic mass is 16.5. The highest BCUT2D eigenvalue weighted by Crippen LogP contribution is 2.37. The molecule has 0 atom stereocenters. The van der Waals surface area contributed by atoms with Crippen LogP contribution in [0.15, 0.2) is 4.52 Å². The average Bonchev–Trinajstić information content (AvgIpc) is 2.64. The summed E-state index contributed by atoms with van der Waals surface area (Å²) >= 11 is 0. The molecular weight excluding hydrogens is 242 g/mol. The third-order valence-corrected chi connectivity index (χ3v) is 3.78. The minimum atomic E-state index is -0.364. The Balaban J connectivity index is 2.19. The number of nitrogens with zero attached hydrogens (tertiary/aromatic N) is 2. The van der Waals surface area contributed by atoms with Gasteiger partial charge in [-0.05, 0) is 26.7 Å². The second-order valence-electron chi connectivity index (χ2n) is 6.29. The molecule has 1 heterocycles. The van der Waals surface area contributed by atoms with E-state index in [0.29, 0.717) is 18.1 Å². The molecule has 19 heavy (non-hydrogen) atoms. The third kappa shape index (κ3) is 3.54. The predicted octanol–water partition coefficient (Wildman–Crippen LogP) is 2.55. The van der Waals surface area contributed by atoms with Crippen LogP contribution in [-0.2, 0) is 16.8 Å². The molecule has 5 nitrogen and oxygen atoms in total. The van der Waals surface area contributed by atoms with Crippen molar-refractivity contribution in [1.29, 1.82) is 0 Å². The van der Waals surface area contributed by atoms with Gasteiger partial charge in [0.25, 0.3) is 0 Å². The predicted molar refractivity (Wildman–Crippen MR) is 72.7 cm³/mol. The zero-order valence-corrected chi connectivity index (χ0v) is 12.2. The maximum atomic E-state index is 5.99. The Morgan fingerprint density at radius 3 is 2.42 bits per heavy atom. The van der Waals surface area contributed by atoms with E-state index < -0.39 is 0 Å². The summed E-state index contributed by atoms with van der Waals surface area (Å²) in [5.41, 5.74) is 5.28. The number of rotatable bonds is 4. The van der Waals surface area contributed by atoms with Crippen molar-refractivity contribution in [3.05, 3.63) is 11.7 Å². The lowest BCUT2D eigenvalue weighted by molar-refractivity contribution is -0.0365. The van der Waals surface area contributed by atoms with Crippen LogP contribution >= 0.6 is 0 Å².